The second kappa shape index (κ2) is 3.55. The van der Waals surface area contributed by atoms with Crippen molar-refractivity contribution in [3.05, 3.63) is 21.9 Å². The van der Waals surface area contributed by atoms with Gasteiger partial charge in [-0.25, -0.2) is 0 Å². The van der Waals surface area contributed by atoms with Crippen LogP contribution in [0, 0.1) is 11.3 Å². The molecule has 0 saturated carbocycles. The number of aliphatic hydroxyl groups is 1. The van der Waals surface area contributed by atoms with E-state index in [1.54, 1.807) is 6.08 Å². The molecule has 0 radical (unpaired) electrons. The van der Waals surface area contributed by atoms with Crippen LogP contribution in [0.15, 0.2) is 21.9 Å². The SMILES string of the molecule is CC(C)(C)C1CC(O)=C(Cl)C=C1Cl. The summed E-state index contributed by atoms with van der Waals surface area (Å²) in [6.07, 6.45) is 2.18. The zero-order chi connectivity index (χ0) is 10.2. The van der Waals surface area contributed by atoms with E-state index in [2.05, 4.69) is 20.8 Å². The number of halogens is 2. The van der Waals surface area contributed by atoms with Gasteiger partial charge in [0.05, 0.1) is 5.03 Å². The minimum absolute atomic E-state index is 0.0547. The quantitative estimate of drug-likeness (QED) is 0.650. The van der Waals surface area contributed by atoms with E-state index in [1.165, 1.54) is 0 Å². The molecule has 13 heavy (non-hydrogen) atoms. The monoisotopic (exact) mass is 220 g/mol. The Morgan fingerprint density at radius 2 is 1.92 bits per heavy atom. The molecule has 74 valence electrons. The third-order valence-corrected chi connectivity index (χ3v) is 3.02. The number of hydrogen-bond acceptors (Lipinski definition) is 1. The largest absolute Gasteiger partial charge is 0.511 e. The molecule has 1 aliphatic rings. The maximum absolute atomic E-state index is 9.47. The Kier molecular flexibility index (Phi) is 2.98. The van der Waals surface area contributed by atoms with Gasteiger partial charge in [0.15, 0.2) is 0 Å². The fraction of sp³-hybridized carbons (Fsp3) is 0.600. The average Bonchev–Trinajstić information content (AvgIpc) is 1.94. The van der Waals surface area contributed by atoms with E-state index >= 15 is 0 Å². The van der Waals surface area contributed by atoms with Crippen LogP contribution in [0.2, 0.25) is 0 Å². The number of hydrogen-bond donors (Lipinski definition) is 1. The highest BCUT2D eigenvalue weighted by atomic mass is 35.5. The fourth-order valence-electron chi connectivity index (χ4n) is 1.41. The molecule has 3 heteroatoms. The first-order valence-electron chi connectivity index (χ1n) is 4.27. The van der Waals surface area contributed by atoms with E-state index < -0.39 is 0 Å². The zero-order valence-corrected chi connectivity index (χ0v) is 9.58. The maximum Gasteiger partial charge on any atom is 0.111 e. The van der Waals surface area contributed by atoms with E-state index in [9.17, 15) is 5.11 Å². The lowest BCUT2D eigenvalue weighted by molar-refractivity contribution is 0.247. The molecule has 1 N–H and O–H groups in total. The number of allylic oxidation sites excluding steroid dienone is 4. The Balaban J connectivity index is 2.94. The standard InChI is InChI=1S/C10H14Cl2O/c1-10(2,3)6-4-9(13)8(12)5-7(6)11/h5-6,13H,4H2,1-3H3. The number of aliphatic hydroxyl groups excluding tert-OH is 1. The Morgan fingerprint density at radius 1 is 1.38 bits per heavy atom. The second-order valence-electron chi connectivity index (χ2n) is 4.45. The van der Waals surface area contributed by atoms with Gasteiger partial charge in [0, 0.05) is 17.4 Å². The van der Waals surface area contributed by atoms with Crippen molar-refractivity contribution in [2.24, 2.45) is 11.3 Å². The summed E-state index contributed by atoms with van der Waals surface area (Å²) < 4.78 is 0. The van der Waals surface area contributed by atoms with Gasteiger partial charge < -0.3 is 5.11 Å². The van der Waals surface area contributed by atoms with Crippen LogP contribution >= 0.6 is 23.2 Å². The van der Waals surface area contributed by atoms with Crippen LogP contribution in [-0.4, -0.2) is 5.11 Å². The van der Waals surface area contributed by atoms with Crippen molar-refractivity contribution in [1.29, 1.82) is 0 Å². The summed E-state index contributed by atoms with van der Waals surface area (Å²) in [4.78, 5) is 0. The summed E-state index contributed by atoms with van der Waals surface area (Å²) in [6.45, 7) is 6.29. The van der Waals surface area contributed by atoms with Gasteiger partial charge in [-0.2, -0.15) is 0 Å². The first kappa shape index (κ1) is 10.9. The van der Waals surface area contributed by atoms with Gasteiger partial charge in [-0.05, 0) is 11.5 Å². The van der Waals surface area contributed by atoms with Gasteiger partial charge in [-0.1, -0.05) is 44.0 Å². The van der Waals surface area contributed by atoms with E-state index in [0.717, 1.165) is 5.03 Å². The maximum atomic E-state index is 9.47. The summed E-state index contributed by atoms with van der Waals surface area (Å²) in [6, 6.07) is 0. The third kappa shape index (κ3) is 2.41. The number of rotatable bonds is 0. The molecule has 1 nitrogen and oxygen atoms in total. The molecular formula is C10H14Cl2O. The molecule has 0 heterocycles. The van der Waals surface area contributed by atoms with Crippen LogP contribution in [0.4, 0.5) is 0 Å². The van der Waals surface area contributed by atoms with Crippen LogP contribution in [0.1, 0.15) is 27.2 Å². The van der Waals surface area contributed by atoms with Gasteiger partial charge in [-0.3, -0.25) is 0 Å². The van der Waals surface area contributed by atoms with Gasteiger partial charge in [0.1, 0.15) is 5.76 Å². The molecule has 0 saturated heterocycles. The first-order valence-corrected chi connectivity index (χ1v) is 5.02. The lowest BCUT2D eigenvalue weighted by Crippen LogP contribution is -2.23. The molecule has 0 amide bonds. The average molecular weight is 221 g/mol. The molecule has 1 unspecified atom stereocenters. The van der Waals surface area contributed by atoms with E-state index in [0.29, 0.717) is 11.5 Å². The van der Waals surface area contributed by atoms with Crippen LogP contribution in [-0.2, 0) is 0 Å². The summed E-state index contributed by atoms with van der Waals surface area (Å²) in [5.74, 6) is 0.405. The normalized spacial score (nSPS) is 24.7. The van der Waals surface area contributed by atoms with Crippen LogP contribution < -0.4 is 0 Å². The Morgan fingerprint density at radius 3 is 2.38 bits per heavy atom. The zero-order valence-electron chi connectivity index (χ0n) is 8.06. The molecule has 1 aliphatic carbocycles. The summed E-state index contributed by atoms with van der Waals surface area (Å²) >= 11 is 11.8. The molecule has 0 bridgehead atoms. The molecule has 0 aromatic rings. The van der Waals surface area contributed by atoms with Crippen molar-refractivity contribution in [1.82, 2.24) is 0 Å². The van der Waals surface area contributed by atoms with Crippen molar-refractivity contribution in [3.63, 3.8) is 0 Å². The van der Waals surface area contributed by atoms with Crippen molar-refractivity contribution < 1.29 is 5.11 Å². The predicted octanol–water partition coefficient (Wildman–Crippen LogP) is 4.18. The smallest absolute Gasteiger partial charge is 0.111 e. The van der Waals surface area contributed by atoms with Crippen molar-refractivity contribution in [2.45, 2.75) is 27.2 Å². The van der Waals surface area contributed by atoms with Gasteiger partial charge in [-0.15, -0.1) is 0 Å². The molecular weight excluding hydrogens is 207 g/mol. The van der Waals surface area contributed by atoms with Crippen LogP contribution in [0.5, 0.6) is 0 Å². The van der Waals surface area contributed by atoms with E-state index in [1.807, 2.05) is 0 Å². The van der Waals surface area contributed by atoms with E-state index in [-0.39, 0.29) is 17.1 Å². The molecule has 0 spiro atoms. The minimum Gasteiger partial charge on any atom is -0.511 e. The predicted molar refractivity (Wildman–Crippen MR) is 57.0 cm³/mol. The fourth-order valence-corrected chi connectivity index (χ4v) is 2.18. The lowest BCUT2D eigenvalue weighted by Gasteiger charge is -2.32. The van der Waals surface area contributed by atoms with Crippen molar-refractivity contribution in [2.75, 3.05) is 0 Å². The molecule has 0 aromatic heterocycles. The molecule has 0 aromatic carbocycles. The van der Waals surface area contributed by atoms with Crippen molar-refractivity contribution in [3.8, 4) is 0 Å². The van der Waals surface area contributed by atoms with Crippen LogP contribution in [0.25, 0.3) is 0 Å². The highest BCUT2D eigenvalue weighted by Gasteiger charge is 2.31. The van der Waals surface area contributed by atoms with Crippen LogP contribution in [0.3, 0.4) is 0 Å². The summed E-state index contributed by atoms with van der Waals surface area (Å²) in [7, 11) is 0. The molecule has 0 fully saturated rings. The van der Waals surface area contributed by atoms with Gasteiger partial charge in [0.25, 0.3) is 0 Å². The van der Waals surface area contributed by atoms with Crippen molar-refractivity contribution >= 4 is 23.2 Å². The Bertz CT molecular complexity index is 271. The van der Waals surface area contributed by atoms with E-state index in [4.69, 9.17) is 23.2 Å². The first-order chi connectivity index (χ1) is 5.82. The lowest BCUT2D eigenvalue weighted by atomic mass is 9.76. The Labute approximate surface area is 89.0 Å². The summed E-state index contributed by atoms with van der Waals surface area (Å²) in [5.41, 5.74) is 0.0547. The molecule has 1 atom stereocenters. The Hall–Kier alpha value is -0.140. The second-order valence-corrected chi connectivity index (χ2v) is 5.29. The molecule has 0 aliphatic heterocycles. The third-order valence-electron chi connectivity index (χ3n) is 2.32. The highest BCUT2D eigenvalue weighted by molar-refractivity contribution is 6.35. The minimum atomic E-state index is 0.0547. The van der Waals surface area contributed by atoms with Gasteiger partial charge in [0.2, 0.25) is 0 Å². The van der Waals surface area contributed by atoms with Gasteiger partial charge >= 0.3 is 0 Å². The highest BCUT2D eigenvalue weighted by Crippen LogP contribution is 2.42. The topological polar surface area (TPSA) is 20.2 Å². The molecule has 1 rings (SSSR count). The summed E-state index contributed by atoms with van der Waals surface area (Å²) in [5, 5.41) is 10.6.